The Hall–Kier alpha value is -2.63. The van der Waals surface area contributed by atoms with E-state index in [2.05, 4.69) is 52.2 Å². The first-order valence-electron chi connectivity index (χ1n) is 12.0. The number of nitrogens with zero attached hydrogens (tertiary/aromatic N) is 4. The van der Waals surface area contributed by atoms with Crippen LogP contribution in [-0.4, -0.2) is 31.7 Å². The molecule has 2 fully saturated rings. The van der Waals surface area contributed by atoms with Gasteiger partial charge in [-0.15, -0.1) is 0 Å². The van der Waals surface area contributed by atoms with Crippen LogP contribution in [0.3, 0.4) is 0 Å². The van der Waals surface area contributed by atoms with Gasteiger partial charge >= 0.3 is 0 Å². The van der Waals surface area contributed by atoms with Crippen molar-refractivity contribution in [3.63, 3.8) is 0 Å². The van der Waals surface area contributed by atoms with Gasteiger partial charge in [0.1, 0.15) is 5.82 Å². The summed E-state index contributed by atoms with van der Waals surface area (Å²) in [6, 6.07) is 9.52. The predicted octanol–water partition coefficient (Wildman–Crippen LogP) is 5.70. The summed E-state index contributed by atoms with van der Waals surface area (Å²) in [6.07, 6.45) is 12.9. The van der Waals surface area contributed by atoms with Crippen LogP contribution in [0.1, 0.15) is 70.9 Å². The summed E-state index contributed by atoms with van der Waals surface area (Å²) in [6.45, 7) is 4.50. The summed E-state index contributed by atoms with van der Waals surface area (Å²) in [7, 11) is 0. The number of hydrogen-bond donors (Lipinski definition) is 2. The second-order valence-electron chi connectivity index (χ2n) is 9.64. The maximum atomic E-state index is 5.08. The lowest BCUT2D eigenvalue weighted by molar-refractivity contribution is 0.630. The molecule has 0 spiro atoms. The molecule has 2 N–H and O–H groups in total. The Bertz CT molecular complexity index is 1030. The van der Waals surface area contributed by atoms with Gasteiger partial charge in [-0.3, -0.25) is 0 Å². The number of pyridine rings is 1. The van der Waals surface area contributed by atoms with Gasteiger partial charge in [0.15, 0.2) is 0 Å². The summed E-state index contributed by atoms with van der Waals surface area (Å²) in [5, 5.41) is 12.4. The fourth-order valence-electron chi connectivity index (χ4n) is 5.13. The molecule has 0 amide bonds. The van der Waals surface area contributed by atoms with Crippen molar-refractivity contribution in [3.8, 4) is 11.3 Å². The molecule has 2 saturated carbocycles. The third-order valence-corrected chi connectivity index (χ3v) is 6.64. The van der Waals surface area contributed by atoms with E-state index in [0.717, 1.165) is 40.7 Å². The Balaban J connectivity index is 1.54. The molecule has 0 radical (unpaired) electrons. The first-order valence-corrected chi connectivity index (χ1v) is 12.0. The molecule has 164 valence electrons. The Morgan fingerprint density at radius 3 is 2.39 bits per heavy atom. The molecule has 0 bridgehead atoms. The van der Waals surface area contributed by atoms with E-state index in [1.807, 2.05) is 12.3 Å². The van der Waals surface area contributed by atoms with Crippen LogP contribution in [0, 0.1) is 5.92 Å². The van der Waals surface area contributed by atoms with Crippen LogP contribution >= 0.6 is 0 Å². The number of rotatable bonds is 7. The van der Waals surface area contributed by atoms with Crippen molar-refractivity contribution in [2.45, 2.75) is 83.7 Å². The molecule has 2 aliphatic carbocycles. The molecule has 0 unspecified atom stereocenters. The molecule has 6 nitrogen and oxygen atoms in total. The Kier molecular flexibility index (Phi) is 5.79. The third-order valence-electron chi connectivity index (χ3n) is 6.64. The smallest absolute Gasteiger partial charge is 0.223 e. The maximum absolute atomic E-state index is 5.08. The fourth-order valence-corrected chi connectivity index (χ4v) is 5.13. The molecule has 6 heteroatoms. The van der Waals surface area contributed by atoms with Gasteiger partial charge in [0.2, 0.25) is 5.95 Å². The van der Waals surface area contributed by atoms with E-state index in [4.69, 9.17) is 10.1 Å². The van der Waals surface area contributed by atoms with E-state index in [-0.39, 0.29) is 0 Å². The number of anilines is 2. The molecule has 0 atom stereocenters. The van der Waals surface area contributed by atoms with Gasteiger partial charge in [0.05, 0.1) is 16.9 Å². The van der Waals surface area contributed by atoms with E-state index in [1.54, 1.807) is 0 Å². The normalized spacial score (nSPS) is 17.8. The predicted molar refractivity (Wildman–Crippen MR) is 127 cm³/mol. The van der Waals surface area contributed by atoms with E-state index in [1.165, 1.54) is 51.4 Å². The Morgan fingerprint density at radius 1 is 0.968 bits per heavy atom. The minimum Gasteiger partial charge on any atom is -0.367 e. The largest absolute Gasteiger partial charge is 0.367 e. The van der Waals surface area contributed by atoms with E-state index in [9.17, 15) is 0 Å². The highest BCUT2D eigenvalue weighted by Crippen LogP contribution is 2.32. The zero-order valence-corrected chi connectivity index (χ0v) is 18.8. The van der Waals surface area contributed by atoms with Crippen LogP contribution in [-0.2, 0) is 6.42 Å². The van der Waals surface area contributed by atoms with Crippen LogP contribution in [0.25, 0.3) is 16.8 Å². The lowest BCUT2D eigenvalue weighted by atomic mass is 10.0. The highest BCUT2D eigenvalue weighted by atomic mass is 15.3. The standard InChI is InChI=1S/C25H34N6/c1-17(2)16-21-24(20-14-15-26-25(29-20)28-19-10-5-6-11-19)22-12-7-13-23(31(22)30-21)27-18-8-3-4-9-18/h7,12-15,17-19,27H,3-6,8-11,16H2,1-2H3,(H,26,28,29). The van der Waals surface area contributed by atoms with Crippen molar-refractivity contribution in [2.24, 2.45) is 5.92 Å². The minimum absolute atomic E-state index is 0.497. The van der Waals surface area contributed by atoms with Gasteiger partial charge in [-0.25, -0.2) is 14.5 Å². The summed E-state index contributed by atoms with van der Waals surface area (Å²) in [4.78, 5) is 9.44. The molecule has 0 aliphatic heterocycles. The number of fused-ring (bicyclic) bond motifs is 1. The summed E-state index contributed by atoms with van der Waals surface area (Å²) in [5.74, 6) is 2.34. The van der Waals surface area contributed by atoms with Crippen LogP contribution in [0.4, 0.5) is 11.8 Å². The van der Waals surface area contributed by atoms with Crippen molar-refractivity contribution in [2.75, 3.05) is 10.6 Å². The van der Waals surface area contributed by atoms with Crippen LogP contribution in [0.2, 0.25) is 0 Å². The van der Waals surface area contributed by atoms with Gasteiger partial charge < -0.3 is 10.6 Å². The minimum atomic E-state index is 0.497. The second-order valence-corrected chi connectivity index (χ2v) is 9.64. The van der Waals surface area contributed by atoms with Crippen molar-refractivity contribution >= 4 is 17.3 Å². The van der Waals surface area contributed by atoms with Crippen molar-refractivity contribution in [1.82, 2.24) is 19.6 Å². The Labute approximate surface area is 184 Å². The first-order chi connectivity index (χ1) is 15.2. The van der Waals surface area contributed by atoms with E-state index < -0.39 is 0 Å². The van der Waals surface area contributed by atoms with Crippen LogP contribution in [0.5, 0.6) is 0 Å². The summed E-state index contributed by atoms with van der Waals surface area (Å²) >= 11 is 0. The van der Waals surface area contributed by atoms with Crippen molar-refractivity contribution < 1.29 is 0 Å². The highest BCUT2D eigenvalue weighted by molar-refractivity contribution is 5.82. The number of nitrogens with one attached hydrogen (secondary N) is 2. The first kappa shape index (κ1) is 20.3. The van der Waals surface area contributed by atoms with Gasteiger partial charge in [0, 0.05) is 23.8 Å². The zero-order valence-electron chi connectivity index (χ0n) is 18.8. The number of hydrogen-bond acceptors (Lipinski definition) is 5. The molecule has 2 aliphatic rings. The highest BCUT2D eigenvalue weighted by Gasteiger charge is 2.22. The molecule has 5 rings (SSSR count). The molecule has 3 aromatic heterocycles. The molecule has 3 heterocycles. The topological polar surface area (TPSA) is 67.1 Å². The fraction of sp³-hybridized carbons (Fsp3) is 0.560. The SMILES string of the molecule is CC(C)Cc1nn2c(NC3CCCC3)cccc2c1-c1ccnc(NC2CCCC2)n1. The summed E-state index contributed by atoms with van der Waals surface area (Å²) in [5.41, 5.74) is 4.32. The monoisotopic (exact) mass is 418 g/mol. The van der Waals surface area contributed by atoms with Gasteiger partial charge in [0.25, 0.3) is 0 Å². The Morgan fingerprint density at radius 2 is 1.68 bits per heavy atom. The average molecular weight is 419 g/mol. The van der Waals surface area contributed by atoms with Gasteiger partial charge in [-0.1, -0.05) is 45.6 Å². The molecule has 0 saturated heterocycles. The van der Waals surface area contributed by atoms with Gasteiger partial charge in [-0.05, 0) is 56.2 Å². The summed E-state index contributed by atoms with van der Waals surface area (Å²) < 4.78 is 2.09. The third kappa shape index (κ3) is 4.39. The maximum Gasteiger partial charge on any atom is 0.223 e. The molecular weight excluding hydrogens is 384 g/mol. The van der Waals surface area contributed by atoms with Gasteiger partial charge in [-0.2, -0.15) is 5.10 Å². The zero-order chi connectivity index (χ0) is 21.2. The molecule has 31 heavy (non-hydrogen) atoms. The average Bonchev–Trinajstić information content (AvgIpc) is 3.49. The molecular formula is C25H34N6. The second kappa shape index (κ2) is 8.85. The number of aromatic nitrogens is 4. The molecule has 3 aromatic rings. The van der Waals surface area contributed by atoms with Crippen molar-refractivity contribution in [3.05, 3.63) is 36.2 Å². The lowest BCUT2D eigenvalue weighted by Gasteiger charge is -2.14. The van der Waals surface area contributed by atoms with Crippen molar-refractivity contribution in [1.29, 1.82) is 0 Å². The molecule has 0 aromatic carbocycles. The van der Waals surface area contributed by atoms with Crippen LogP contribution < -0.4 is 10.6 Å². The lowest BCUT2D eigenvalue weighted by Crippen LogP contribution is -2.17. The quantitative estimate of drug-likeness (QED) is 0.515. The van der Waals surface area contributed by atoms with Crippen LogP contribution in [0.15, 0.2) is 30.5 Å². The van der Waals surface area contributed by atoms with E-state index >= 15 is 0 Å². The van der Waals surface area contributed by atoms with E-state index in [0.29, 0.717) is 18.0 Å².